The van der Waals surface area contributed by atoms with Gasteiger partial charge in [0.15, 0.2) is 0 Å². The molecule has 3 unspecified atom stereocenters. The van der Waals surface area contributed by atoms with Crippen molar-refractivity contribution in [2.24, 2.45) is 17.8 Å². The van der Waals surface area contributed by atoms with Crippen molar-refractivity contribution in [3.8, 4) is 0 Å². The summed E-state index contributed by atoms with van der Waals surface area (Å²) in [5.74, 6) is 0.0796. The number of carbonyl (C=O) groups excluding carboxylic acids is 1. The highest BCUT2D eigenvalue weighted by Gasteiger charge is 2.38. The van der Waals surface area contributed by atoms with Gasteiger partial charge in [-0.2, -0.15) is 0 Å². The van der Waals surface area contributed by atoms with Crippen molar-refractivity contribution in [3.63, 3.8) is 0 Å². The van der Waals surface area contributed by atoms with Crippen LogP contribution in [-0.2, 0) is 4.79 Å². The van der Waals surface area contributed by atoms with E-state index in [1.807, 2.05) is 6.92 Å². The standard InChI is InChI=1S/C13H22N2O3/c1-8(10-3-4-10)7-14-13(18)15-6-5-11(9(15)2)12(16)17/h8-11H,3-7H2,1-2H3,(H,14,18)(H,16,17). The number of urea groups is 1. The van der Waals surface area contributed by atoms with E-state index in [0.717, 1.165) is 5.92 Å². The molecule has 0 aromatic heterocycles. The van der Waals surface area contributed by atoms with E-state index in [-0.39, 0.29) is 12.1 Å². The molecule has 2 N–H and O–H groups in total. The van der Waals surface area contributed by atoms with E-state index >= 15 is 0 Å². The summed E-state index contributed by atoms with van der Waals surface area (Å²) in [5, 5.41) is 12.0. The Bertz CT molecular complexity index is 341. The number of likely N-dealkylation sites (tertiary alicyclic amines) is 1. The highest BCUT2D eigenvalue weighted by molar-refractivity contribution is 5.78. The van der Waals surface area contributed by atoms with Crippen LogP contribution in [0.5, 0.6) is 0 Å². The van der Waals surface area contributed by atoms with Crippen LogP contribution >= 0.6 is 0 Å². The first kappa shape index (κ1) is 13.2. The van der Waals surface area contributed by atoms with Gasteiger partial charge in [-0.3, -0.25) is 4.79 Å². The number of carbonyl (C=O) groups is 2. The molecule has 3 atom stereocenters. The third kappa shape index (κ3) is 2.76. The summed E-state index contributed by atoms with van der Waals surface area (Å²) < 4.78 is 0. The van der Waals surface area contributed by atoms with Crippen molar-refractivity contribution in [2.45, 2.75) is 39.2 Å². The van der Waals surface area contributed by atoms with E-state index in [4.69, 9.17) is 5.11 Å². The van der Waals surface area contributed by atoms with Crippen molar-refractivity contribution in [3.05, 3.63) is 0 Å². The Morgan fingerprint density at radius 2 is 2.06 bits per heavy atom. The van der Waals surface area contributed by atoms with Crippen LogP contribution in [0.2, 0.25) is 0 Å². The van der Waals surface area contributed by atoms with E-state index in [1.165, 1.54) is 12.8 Å². The van der Waals surface area contributed by atoms with Gasteiger partial charge in [0.25, 0.3) is 0 Å². The van der Waals surface area contributed by atoms with Crippen molar-refractivity contribution >= 4 is 12.0 Å². The maximum atomic E-state index is 12.0. The molecule has 1 aliphatic heterocycles. The molecule has 0 radical (unpaired) electrons. The van der Waals surface area contributed by atoms with Gasteiger partial charge in [-0.05, 0) is 38.0 Å². The van der Waals surface area contributed by atoms with E-state index < -0.39 is 11.9 Å². The average Bonchev–Trinajstić information content (AvgIpc) is 3.09. The lowest BCUT2D eigenvalue weighted by Crippen LogP contribution is -2.45. The van der Waals surface area contributed by atoms with Crippen LogP contribution < -0.4 is 5.32 Å². The highest BCUT2D eigenvalue weighted by atomic mass is 16.4. The van der Waals surface area contributed by atoms with Crippen molar-refractivity contribution in [1.82, 2.24) is 10.2 Å². The molecular formula is C13H22N2O3. The number of carboxylic acids is 1. The second-order valence-corrected chi connectivity index (χ2v) is 5.67. The number of carboxylic acid groups (broad SMARTS) is 1. The molecule has 0 bridgehead atoms. The lowest BCUT2D eigenvalue weighted by molar-refractivity contribution is -0.142. The lowest BCUT2D eigenvalue weighted by atomic mass is 10.0. The molecule has 2 amide bonds. The van der Waals surface area contributed by atoms with Crippen LogP contribution in [-0.4, -0.2) is 41.1 Å². The number of rotatable bonds is 4. The van der Waals surface area contributed by atoms with Crippen LogP contribution in [0.15, 0.2) is 0 Å². The van der Waals surface area contributed by atoms with Gasteiger partial charge in [0.1, 0.15) is 0 Å². The van der Waals surface area contributed by atoms with Crippen molar-refractivity contribution in [1.29, 1.82) is 0 Å². The Labute approximate surface area is 108 Å². The molecule has 18 heavy (non-hydrogen) atoms. The zero-order valence-corrected chi connectivity index (χ0v) is 11.1. The van der Waals surface area contributed by atoms with Gasteiger partial charge in [-0.25, -0.2) is 4.79 Å². The Morgan fingerprint density at radius 1 is 1.39 bits per heavy atom. The van der Waals surface area contributed by atoms with E-state index in [9.17, 15) is 9.59 Å². The number of nitrogens with zero attached hydrogens (tertiary/aromatic N) is 1. The molecule has 0 aromatic rings. The number of hydrogen-bond donors (Lipinski definition) is 2. The molecule has 2 fully saturated rings. The van der Waals surface area contributed by atoms with Gasteiger partial charge >= 0.3 is 12.0 Å². The molecule has 2 aliphatic rings. The summed E-state index contributed by atoms with van der Waals surface area (Å²) in [6.45, 7) is 5.22. The van der Waals surface area contributed by atoms with E-state index in [1.54, 1.807) is 4.90 Å². The maximum Gasteiger partial charge on any atom is 0.317 e. The average molecular weight is 254 g/mol. The van der Waals surface area contributed by atoms with Crippen LogP contribution in [0, 0.1) is 17.8 Å². The predicted molar refractivity (Wildman–Crippen MR) is 67.2 cm³/mol. The first-order valence-electron chi connectivity index (χ1n) is 6.78. The molecule has 1 saturated carbocycles. The normalized spacial score (nSPS) is 29.1. The Hall–Kier alpha value is -1.26. The van der Waals surface area contributed by atoms with Crippen LogP contribution in [0.4, 0.5) is 4.79 Å². The number of nitrogens with one attached hydrogen (secondary N) is 1. The second-order valence-electron chi connectivity index (χ2n) is 5.67. The fourth-order valence-electron chi connectivity index (χ4n) is 2.74. The molecule has 2 rings (SSSR count). The molecule has 1 saturated heterocycles. The third-order valence-electron chi connectivity index (χ3n) is 4.34. The number of hydrogen-bond acceptors (Lipinski definition) is 2. The van der Waals surface area contributed by atoms with Gasteiger partial charge < -0.3 is 15.3 Å². The molecular weight excluding hydrogens is 232 g/mol. The van der Waals surface area contributed by atoms with Crippen molar-refractivity contribution in [2.75, 3.05) is 13.1 Å². The highest BCUT2D eigenvalue weighted by Crippen LogP contribution is 2.36. The summed E-state index contributed by atoms with van der Waals surface area (Å²) in [6, 6.07) is -0.322. The first-order valence-corrected chi connectivity index (χ1v) is 6.78. The lowest BCUT2D eigenvalue weighted by Gasteiger charge is -2.24. The van der Waals surface area contributed by atoms with Gasteiger partial charge in [0.2, 0.25) is 0 Å². The topological polar surface area (TPSA) is 69.6 Å². The third-order valence-corrected chi connectivity index (χ3v) is 4.34. The minimum absolute atomic E-state index is 0.112. The van der Waals surface area contributed by atoms with Gasteiger partial charge in [-0.15, -0.1) is 0 Å². The van der Waals surface area contributed by atoms with Crippen LogP contribution in [0.25, 0.3) is 0 Å². The van der Waals surface area contributed by atoms with Gasteiger partial charge in [0, 0.05) is 19.1 Å². The molecule has 1 heterocycles. The SMILES string of the molecule is CC(CNC(=O)N1CCC(C(=O)O)C1C)C1CC1. The van der Waals surface area contributed by atoms with Crippen molar-refractivity contribution < 1.29 is 14.7 Å². The fourth-order valence-corrected chi connectivity index (χ4v) is 2.74. The predicted octanol–water partition coefficient (Wildman–Crippen LogP) is 1.54. The summed E-state index contributed by atoms with van der Waals surface area (Å²) in [7, 11) is 0. The molecule has 5 heteroatoms. The van der Waals surface area contributed by atoms with Gasteiger partial charge in [0.05, 0.1) is 5.92 Å². The quantitative estimate of drug-likeness (QED) is 0.799. The Morgan fingerprint density at radius 3 is 2.56 bits per heavy atom. The minimum atomic E-state index is -0.802. The molecule has 1 aliphatic carbocycles. The largest absolute Gasteiger partial charge is 0.481 e. The Balaban J connectivity index is 1.80. The second kappa shape index (κ2) is 5.16. The molecule has 0 aromatic carbocycles. The zero-order valence-electron chi connectivity index (χ0n) is 11.1. The van der Waals surface area contributed by atoms with E-state index in [2.05, 4.69) is 12.2 Å². The Kier molecular flexibility index (Phi) is 3.78. The smallest absolute Gasteiger partial charge is 0.317 e. The number of aliphatic carboxylic acids is 1. The zero-order chi connectivity index (χ0) is 13.3. The van der Waals surface area contributed by atoms with E-state index in [0.29, 0.717) is 25.4 Å². The summed E-state index contributed by atoms with van der Waals surface area (Å²) in [5.41, 5.74) is 0. The maximum absolute atomic E-state index is 12.0. The number of amides is 2. The van der Waals surface area contributed by atoms with Crippen LogP contribution in [0.3, 0.4) is 0 Å². The van der Waals surface area contributed by atoms with Crippen LogP contribution in [0.1, 0.15) is 33.1 Å². The molecule has 5 nitrogen and oxygen atoms in total. The van der Waals surface area contributed by atoms with Gasteiger partial charge in [-0.1, -0.05) is 6.92 Å². The minimum Gasteiger partial charge on any atom is -0.481 e. The summed E-state index contributed by atoms with van der Waals surface area (Å²) >= 11 is 0. The monoisotopic (exact) mass is 254 g/mol. The summed E-state index contributed by atoms with van der Waals surface area (Å²) in [6.07, 6.45) is 3.11. The molecule has 0 spiro atoms. The summed E-state index contributed by atoms with van der Waals surface area (Å²) in [4.78, 5) is 24.6. The first-order chi connectivity index (χ1) is 8.50. The molecule has 102 valence electrons. The fraction of sp³-hybridized carbons (Fsp3) is 0.846.